The number of hydrogen-bond donors (Lipinski definition) is 0. The molecule has 0 aliphatic rings. The molecule has 0 rings (SSSR count). The van der Waals surface area contributed by atoms with E-state index in [1.807, 2.05) is 0 Å². The van der Waals surface area contributed by atoms with E-state index in [0.717, 1.165) is 12.8 Å². The van der Waals surface area contributed by atoms with E-state index in [9.17, 15) is 4.79 Å². The zero-order chi connectivity index (χ0) is 17.0. The van der Waals surface area contributed by atoms with E-state index in [1.165, 1.54) is 47.0 Å². The SMILES string of the molecule is C=C(C)C(=O)OC(CCCCCCCC)[Si](OC)(OC)OC. The minimum Gasteiger partial charge on any atom is -0.454 e. The Morgan fingerprint density at radius 2 is 1.50 bits per heavy atom. The van der Waals surface area contributed by atoms with Crippen LogP contribution in [0.5, 0.6) is 0 Å². The highest BCUT2D eigenvalue weighted by molar-refractivity contribution is 6.62. The smallest absolute Gasteiger partial charge is 0.454 e. The standard InChI is InChI=1S/C16H32O5Si/c1-7-8-9-10-11-12-13-15(21-16(17)14(2)3)22(18-4,19-5)20-6/h15H,2,7-13H2,1,3-6H3. The van der Waals surface area contributed by atoms with Crippen molar-refractivity contribution in [3.8, 4) is 0 Å². The predicted octanol–water partition coefficient (Wildman–Crippen LogP) is 3.64. The highest BCUT2D eigenvalue weighted by atomic mass is 28.4. The van der Waals surface area contributed by atoms with Gasteiger partial charge >= 0.3 is 14.8 Å². The number of carbonyl (C=O) groups is 1. The molecule has 0 saturated heterocycles. The van der Waals surface area contributed by atoms with E-state index in [0.29, 0.717) is 12.0 Å². The van der Waals surface area contributed by atoms with E-state index < -0.39 is 20.5 Å². The number of carbonyl (C=O) groups excluding carboxylic acids is 1. The lowest BCUT2D eigenvalue weighted by Gasteiger charge is -2.31. The first kappa shape index (κ1) is 21.3. The summed E-state index contributed by atoms with van der Waals surface area (Å²) >= 11 is 0. The van der Waals surface area contributed by atoms with Crippen LogP contribution < -0.4 is 0 Å². The second-order valence-corrected chi connectivity index (χ2v) is 8.52. The van der Waals surface area contributed by atoms with E-state index in [2.05, 4.69) is 13.5 Å². The van der Waals surface area contributed by atoms with E-state index in [-0.39, 0.29) is 0 Å². The van der Waals surface area contributed by atoms with Crippen LogP contribution in [-0.2, 0) is 22.8 Å². The lowest BCUT2D eigenvalue weighted by atomic mass is 10.1. The summed E-state index contributed by atoms with van der Waals surface area (Å²) in [4.78, 5) is 11.9. The maximum absolute atomic E-state index is 11.9. The van der Waals surface area contributed by atoms with Crippen molar-refractivity contribution in [2.45, 2.75) is 64.5 Å². The first-order valence-corrected chi connectivity index (χ1v) is 9.79. The Kier molecular flexibility index (Phi) is 11.4. The van der Waals surface area contributed by atoms with Gasteiger partial charge in [-0.05, 0) is 19.8 Å². The van der Waals surface area contributed by atoms with Gasteiger partial charge in [0.15, 0.2) is 5.73 Å². The van der Waals surface area contributed by atoms with Crippen LogP contribution in [0.25, 0.3) is 0 Å². The van der Waals surface area contributed by atoms with Gasteiger partial charge in [0, 0.05) is 26.9 Å². The van der Waals surface area contributed by atoms with Gasteiger partial charge in [-0.15, -0.1) is 0 Å². The molecule has 6 heteroatoms. The molecule has 0 spiro atoms. The summed E-state index contributed by atoms with van der Waals surface area (Å²) in [5.74, 6) is -0.431. The van der Waals surface area contributed by atoms with Gasteiger partial charge in [-0.1, -0.05) is 45.6 Å². The summed E-state index contributed by atoms with van der Waals surface area (Å²) in [5, 5.41) is 0. The molecule has 0 saturated carbocycles. The maximum atomic E-state index is 11.9. The Balaban J connectivity index is 4.65. The monoisotopic (exact) mass is 332 g/mol. The molecule has 1 unspecified atom stereocenters. The van der Waals surface area contributed by atoms with Crippen LogP contribution in [0, 0.1) is 0 Å². The molecule has 0 amide bonds. The highest BCUT2D eigenvalue weighted by Crippen LogP contribution is 2.22. The largest absolute Gasteiger partial charge is 0.543 e. The molecule has 0 N–H and O–H groups in total. The molecule has 0 heterocycles. The summed E-state index contributed by atoms with van der Waals surface area (Å²) in [6.45, 7) is 7.44. The van der Waals surface area contributed by atoms with Crippen LogP contribution in [0.3, 0.4) is 0 Å². The highest BCUT2D eigenvalue weighted by Gasteiger charge is 2.50. The van der Waals surface area contributed by atoms with Crippen LogP contribution in [-0.4, -0.2) is 41.8 Å². The molecule has 0 aromatic carbocycles. The molecule has 0 aromatic heterocycles. The molecular weight excluding hydrogens is 300 g/mol. The van der Waals surface area contributed by atoms with Crippen molar-refractivity contribution in [2.75, 3.05) is 21.3 Å². The minimum atomic E-state index is -3.02. The molecule has 22 heavy (non-hydrogen) atoms. The molecule has 0 radical (unpaired) electrons. The minimum absolute atomic E-state index is 0.360. The van der Waals surface area contributed by atoms with Gasteiger partial charge < -0.3 is 18.0 Å². The Morgan fingerprint density at radius 1 is 1.00 bits per heavy atom. The third-order valence-corrected chi connectivity index (χ3v) is 6.57. The molecule has 130 valence electrons. The topological polar surface area (TPSA) is 54.0 Å². The number of rotatable bonds is 13. The van der Waals surface area contributed by atoms with Gasteiger partial charge in [-0.25, -0.2) is 4.79 Å². The molecule has 5 nitrogen and oxygen atoms in total. The summed E-state index contributed by atoms with van der Waals surface area (Å²) in [5.41, 5.74) is -0.137. The zero-order valence-electron chi connectivity index (χ0n) is 14.8. The molecule has 0 aliphatic heterocycles. The lowest BCUT2D eigenvalue weighted by Crippen LogP contribution is -2.56. The Hall–Kier alpha value is -0.693. The first-order chi connectivity index (χ1) is 10.5. The Labute approximate surface area is 136 Å². The zero-order valence-corrected chi connectivity index (χ0v) is 15.8. The maximum Gasteiger partial charge on any atom is 0.543 e. The number of ether oxygens (including phenoxy) is 1. The van der Waals surface area contributed by atoms with Crippen molar-refractivity contribution in [3.63, 3.8) is 0 Å². The van der Waals surface area contributed by atoms with E-state index in [1.54, 1.807) is 6.92 Å². The molecule has 0 aliphatic carbocycles. The Morgan fingerprint density at radius 3 is 1.95 bits per heavy atom. The van der Waals surface area contributed by atoms with Gasteiger partial charge in [0.25, 0.3) is 0 Å². The summed E-state index contributed by atoms with van der Waals surface area (Å²) < 4.78 is 21.9. The molecule has 1 atom stereocenters. The lowest BCUT2D eigenvalue weighted by molar-refractivity contribution is -0.144. The second-order valence-electron chi connectivity index (χ2n) is 5.45. The van der Waals surface area contributed by atoms with Crippen molar-refractivity contribution in [3.05, 3.63) is 12.2 Å². The Bertz CT molecular complexity index is 320. The van der Waals surface area contributed by atoms with Gasteiger partial charge in [-0.2, -0.15) is 0 Å². The van der Waals surface area contributed by atoms with Crippen LogP contribution >= 0.6 is 0 Å². The fraction of sp³-hybridized carbons (Fsp3) is 0.812. The average molecular weight is 333 g/mol. The van der Waals surface area contributed by atoms with Crippen LogP contribution in [0.1, 0.15) is 58.8 Å². The number of esters is 1. The summed E-state index contributed by atoms with van der Waals surface area (Å²) in [6.07, 6.45) is 7.65. The quantitative estimate of drug-likeness (QED) is 0.223. The average Bonchev–Trinajstić information content (AvgIpc) is 2.52. The predicted molar refractivity (Wildman–Crippen MR) is 89.5 cm³/mol. The van der Waals surface area contributed by atoms with Crippen LogP contribution in [0.2, 0.25) is 0 Å². The fourth-order valence-corrected chi connectivity index (χ4v) is 4.39. The molecule has 0 aromatic rings. The van der Waals surface area contributed by atoms with Gasteiger partial charge in [0.1, 0.15) is 0 Å². The second kappa shape index (κ2) is 11.8. The van der Waals surface area contributed by atoms with Crippen LogP contribution in [0.4, 0.5) is 0 Å². The molecule has 0 bridgehead atoms. The van der Waals surface area contributed by atoms with Crippen molar-refractivity contribution >= 4 is 14.8 Å². The van der Waals surface area contributed by atoms with E-state index in [4.69, 9.17) is 18.0 Å². The van der Waals surface area contributed by atoms with Gasteiger partial charge in [-0.3, -0.25) is 0 Å². The summed E-state index contributed by atoms with van der Waals surface area (Å²) in [6, 6.07) is 0. The van der Waals surface area contributed by atoms with Crippen molar-refractivity contribution in [2.24, 2.45) is 0 Å². The van der Waals surface area contributed by atoms with Crippen molar-refractivity contribution < 1.29 is 22.8 Å². The third-order valence-electron chi connectivity index (χ3n) is 3.67. The molecule has 0 fully saturated rings. The van der Waals surface area contributed by atoms with Gasteiger partial charge in [0.2, 0.25) is 0 Å². The fourth-order valence-electron chi connectivity index (χ4n) is 2.29. The summed E-state index contributed by atoms with van der Waals surface area (Å²) in [7, 11) is 1.57. The first-order valence-electron chi connectivity index (χ1n) is 7.99. The van der Waals surface area contributed by atoms with Crippen molar-refractivity contribution in [1.82, 2.24) is 0 Å². The van der Waals surface area contributed by atoms with Crippen LogP contribution in [0.15, 0.2) is 12.2 Å². The normalized spacial score (nSPS) is 13.0. The number of hydrogen-bond acceptors (Lipinski definition) is 5. The number of unbranched alkanes of at least 4 members (excludes halogenated alkanes) is 5. The van der Waals surface area contributed by atoms with Crippen molar-refractivity contribution in [1.29, 1.82) is 0 Å². The third kappa shape index (κ3) is 7.04. The van der Waals surface area contributed by atoms with Gasteiger partial charge in [0.05, 0.1) is 0 Å². The van der Waals surface area contributed by atoms with E-state index >= 15 is 0 Å². The molecular formula is C16H32O5Si.